The number of carbonyl (C=O) groups excluding carboxylic acids is 1. The summed E-state index contributed by atoms with van der Waals surface area (Å²) < 4.78 is 5.15. The van der Waals surface area contributed by atoms with Crippen LogP contribution in [0.25, 0.3) is 11.0 Å². The van der Waals surface area contributed by atoms with Crippen molar-refractivity contribution < 1.29 is 9.32 Å². The third-order valence-electron chi connectivity index (χ3n) is 4.47. The van der Waals surface area contributed by atoms with Crippen molar-refractivity contribution in [3.8, 4) is 0 Å². The molecule has 132 valence electrons. The van der Waals surface area contributed by atoms with Crippen LogP contribution in [-0.4, -0.2) is 21.0 Å². The van der Waals surface area contributed by atoms with E-state index in [9.17, 15) is 4.79 Å². The van der Waals surface area contributed by atoms with Crippen molar-refractivity contribution in [1.82, 2.24) is 20.4 Å². The van der Waals surface area contributed by atoms with Crippen LogP contribution >= 0.6 is 0 Å². The van der Waals surface area contributed by atoms with E-state index in [4.69, 9.17) is 4.52 Å². The topological polar surface area (TPSA) is 83.8 Å². The smallest absolute Gasteiger partial charge is 0.220 e. The molecule has 25 heavy (non-hydrogen) atoms. The monoisotopic (exact) mass is 340 g/mol. The second-order valence-electron chi connectivity index (χ2n) is 6.73. The number of rotatable bonds is 6. The Morgan fingerprint density at radius 3 is 2.68 bits per heavy atom. The zero-order chi connectivity index (χ0) is 18.0. The van der Waals surface area contributed by atoms with Crippen LogP contribution < -0.4 is 5.32 Å². The lowest BCUT2D eigenvalue weighted by atomic mass is 10.0. The molecule has 1 atom stereocenters. The van der Waals surface area contributed by atoms with Gasteiger partial charge in [0, 0.05) is 12.0 Å². The maximum Gasteiger partial charge on any atom is 0.220 e. The van der Waals surface area contributed by atoms with Gasteiger partial charge in [0.25, 0.3) is 0 Å². The van der Waals surface area contributed by atoms with Gasteiger partial charge in [-0.25, -0.2) is 4.98 Å². The molecule has 6 heteroatoms. The van der Waals surface area contributed by atoms with Gasteiger partial charge in [-0.05, 0) is 38.3 Å². The molecule has 0 aliphatic carbocycles. The molecule has 6 nitrogen and oxygen atoms in total. The molecule has 1 aromatic carbocycles. The van der Waals surface area contributed by atoms with E-state index in [0.29, 0.717) is 12.8 Å². The van der Waals surface area contributed by atoms with Crippen LogP contribution in [0, 0.1) is 19.8 Å². The Bertz CT molecular complexity index is 826. The van der Waals surface area contributed by atoms with Gasteiger partial charge in [-0.3, -0.25) is 4.79 Å². The number of nitrogens with zero attached hydrogens (tertiary/aromatic N) is 2. The number of para-hydroxylation sites is 2. The van der Waals surface area contributed by atoms with Gasteiger partial charge in [-0.15, -0.1) is 0 Å². The molecule has 0 fully saturated rings. The molecule has 3 aromatic rings. The molecule has 0 aliphatic heterocycles. The molecular formula is C19H24N4O2. The summed E-state index contributed by atoms with van der Waals surface area (Å²) in [6, 6.07) is 7.73. The Balaban J connectivity index is 1.70. The fourth-order valence-corrected chi connectivity index (χ4v) is 3.01. The van der Waals surface area contributed by atoms with Gasteiger partial charge in [-0.2, -0.15) is 0 Å². The highest BCUT2D eigenvalue weighted by Crippen LogP contribution is 2.22. The van der Waals surface area contributed by atoms with Gasteiger partial charge >= 0.3 is 0 Å². The maximum atomic E-state index is 12.5. The molecule has 1 amide bonds. The lowest BCUT2D eigenvalue weighted by Crippen LogP contribution is -2.32. The Kier molecular flexibility index (Phi) is 4.88. The van der Waals surface area contributed by atoms with E-state index in [1.807, 2.05) is 38.1 Å². The highest BCUT2D eigenvalue weighted by atomic mass is 16.5. The number of aromatic nitrogens is 3. The first-order valence-corrected chi connectivity index (χ1v) is 8.61. The molecule has 0 radical (unpaired) electrons. The number of benzene rings is 1. The average Bonchev–Trinajstić information content (AvgIpc) is 3.14. The van der Waals surface area contributed by atoms with Crippen LogP contribution in [0.4, 0.5) is 0 Å². The summed E-state index contributed by atoms with van der Waals surface area (Å²) in [5.74, 6) is 1.80. The largest absolute Gasteiger partial charge is 0.361 e. The van der Waals surface area contributed by atoms with E-state index >= 15 is 0 Å². The number of imidazole rings is 1. The molecule has 3 rings (SSSR count). The van der Waals surface area contributed by atoms with Crippen LogP contribution in [0.3, 0.4) is 0 Å². The van der Waals surface area contributed by atoms with E-state index in [-0.39, 0.29) is 17.9 Å². The summed E-state index contributed by atoms with van der Waals surface area (Å²) in [6.07, 6.45) is 1.02. The number of H-pyrrole nitrogens is 1. The highest BCUT2D eigenvalue weighted by Gasteiger charge is 2.22. The zero-order valence-corrected chi connectivity index (χ0v) is 15.1. The van der Waals surface area contributed by atoms with Gasteiger partial charge in [0.1, 0.15) is 11.6 Å². The van der Waals surface area contributed by atoms with Crippen molar-refractivity contribution in [3.63, 3.8) is 0 Å². The number of hydrogen-bond acceptors (Lipinski definition) is 4. The van der Waals surface area contributed by atoms with E-state index in [0.717, 1.165) is 33.9 Å². The number of amides is 1. The quantitative estimate of drug-likeness (QED) is 0.718. The second kappa shape index (κ2) is 7.09. The van der Waals surface area contributed by atoms with Crippen molar-refractivity contribution in [2.75, 3.05) is 0 Å². The SMILES string of the molecule is Cc1noc(C)c1CCC(=O)N[C@H](c1nc2ccccc2[nH]1)C(C)C. The second-order valence-corrected chi connectivity index (χ2v) is 6.73. The predicted octanol–water partition coefficient (Wildman–Crippen LogP) is 3.61. The first-order chi connectivity index (χ1) is 12.0. The summed E-state index contributed by atoms with van der Waals surface area (Å²) >= 11 is 0. The van der Waals surface area contributed by atoms with Crippen molar-refractivity contribution in [3.05, 3.63) is 47.1 Å². The minimum atomic E-state index is -0.149. The van der Waals surface area contributed by atoms with E-state index in [1.54, 1.807) is 0 Å². The molecule has 0 unspecified atom stereocenters. The summed E-state index contributed by atoms with van der Waals surface area (Å²) in [4.78, 5) is 20.4. The molecule has 0 spiro atoms. The maximum absolute atomic E-state index is 12.5. The minimum absolute atomic E-state index is 0.000781. The lowest BCUT2D eigenvalue weighted by molar-refractivity contribution is -0.122. The van der Waals surface area contributed by atoms with Crippen LogP contribution in [0.2, 0.25) is 0 Å². The Morgan fingerprint density at radius 2 is 2.04 bits per heavy atom. The van der Waals surface area contributed by atoms with Crippen LogP contribution in [-0.2, 0) is 11.2 Å². The fraction of sp³-hybridized carbons (Fsp3) is 0.421. The molecule has 2 heterocycles. The minimum Gasteiger partial charge on any atom is -0.361 e. The molecular weight excluding hydrogens is 316 g/mol. The summed E-state index contributed by atoms with van der Waals surface area (Å²) in [5, 5.41) is 7.04. The third-order valence-corrected chi connectivity index (χ3v) is 4.47. The first kappa shape index (κ1) is 17.2. The molecule has 0 bridgehead atoms. The standard InChI is InChI=1S/C19H24N4O2/c1-11(2)18(19-20-15-7-5-6-8-16(15)21-19)22-17(24)10-9-14-12(3)23-25-13(14)4/h5-8,11,18H,9-10H2,1-4H3,(H,20,21)(H,22,24)/t18-/m0/s1. The average molecular weight is 340 g/mol. The number of nitrogens with one attached hydrogen (secondary N) is 2. The van der Waals surface area contributed by atoms with E-state index < -0.39 is 0 Å². The third kappa shape index (κ3) is 3.73. The number of fused-ring (bicyclic) bond motifs is 1. The van der Waals surface area contributed by atoms with Crippen LogP contribution in [0.15, 0.2) is 28.8 Å². The molecule has 0 saturated carbocycles. The van der Waals surface area contributed by atoms with E-state index in [2.05, 4.69) is 34.3 Å². The highest BCUT2D eigenvalue weighted by molar-refractivity contribution is 5.77. The Hall–Kier alpha value is -2.63. The van der Waals surface area contributed by atoms with Gasteiger partial charge in [0.2, 0.25) is 5.91 Å². The van der Waals surface area contributed by atoms with E-state index in [1.165, 1.54) is 0 Å². The number of aromatic amines is 1. The first-order valence-electron chi connectivity index (χ1n) is 8.61. The number of aryl methyl sites for hydroxylation is 2. The normalized spacial score (nSPS) is 12.7. The summed E-state index contributed by atoms with van der Waals surface area (Å²) in [6.45, 7) is 7.92. The summed E-state index contributed by atoms with van der Waals surface area (Å²) in [5.41, 5.74) is 3.75. The molecule has 0 aliphatic rings. The van der Waals surface area contributed by atoms with Crippen molar-refractivity contribution in [2.45, 2.75) is 46.6 Å². The van der Waals surface area contributed by atoms with Crippen molar-refractivity contribution >= 4 is 16.9 Å². The van der Waals surface area contributed by atoms with Gasteiger partial charge < -0.3 is 14.8 Å². The molecule has 2 N–H and O–H groups in total. The van der Waals surface area contributed by atoms with Gasteiger partial charge in [0.05, 0.1) is 22.8 Å². The van der Waals surface area contributed by atoms with Crippen LogP contribution in [0.1, 0.15) is 49.2 Å². The van der Waals surface area contributed by atoms with Crippen LogP contribution in [0.5, 0.6) is 0 Å². The number of hydrogen-bond donors (Lipinski definition) is 2. The Morgan fingerprint density at radius 1 is 1.28 bits per heavy atom. The van der Waals surface area contributed by atoms with Gasteiger partial charge in [0.15, 0.2) is 0 Å². The fourth-order valence-electron chi connectivity index (χ4n) is 3.01. The molecule has 0 saturated heterocycles. The Labute approximate surface area is 147 Å². The van der Waals surface area contributed by atoms with Gasteiger partial charge in [-0.1, -0.05) is 31.1 Å². The molecule has 2 aromatic heterocycles. The van der Waals surface area contributed by atoms with Crippen molar-refractivity contribution in [2.24, 2.45) is 5.92 Å². The predicted molar refractivity (Wildman–Crippen MR) is 96.1 cm³/mol. The number of carbonyl (C=O) groups is 1. The summed E-state index contributed by atoms with van der Waals surface area (Å²) in [7, 11) is 0. The lowest BCUT2D eigenvalue weighted by Gasteiger charge is -2.20. The zero-order valence-electron chi connectivity index (χ0n) is 15.1. The van der Waals surface area contributed by atoms with Crippen molar-refractivity contribution in [1.29, 1.82) is 0 Å².